The average Bonchev–Trinajstić information content (AvgIpc) is 2.86. The summed E-state index contributed by atoms with van der Waals surface area (Å²) < 4.78 is 28.4. The van der Waals surface area contributed by atoms with E-state index in [0.29, 0.717) is 21.5 Å². The van der Waals surface area contributed by atoms with E-state index >= 15 is 0 Å². The summed E-state index contributed by atoms with van der Waals surface area (Å²) in [5, 5.41) is 0. The van der Waals surface area contributed by atoms with Crippen molar-refractivity contribution in [1.82, 2.24) is 8.96 Å². The maximum atomic E-state index is 13.1. The van der Waals surface area contributed by atoms with Crippen LogP contribution in [-0.4, -0.2) is 17.4 Å². The summed E-state index contributed by atoms with van der Waals surface area (Å²) in [6.45, 7) is 7.63. The van der Waals surface area contributed by atoms with Crippen LogP contribution in [0.4, 0.5) is 0 Å². The molecule has 0 atom stereocenters. The first kappa shape index (κ1) is 16.2. The van der Waals surface area contributed by atoms with Crippen LogP contribution in [0.15, 0.2) is 40.0 Å². The highest BCUT2D eigenvalue weighted by Crippen LogP contribution is 2.28. The molecule has 3 rings (SSSR count). The third-order valence-corrected chi connectivity index (χ3v) is 6.78. The Hall–Kier alpha value is -1.66. The zero-order chi connectivity index (χ0) is 16.9. The molecular formula is C17H17BrN2O2S. The van der Waals surface area contributed by atoms with Crippen molar-refractivity contribution < 1.29 is 8.42 Å². The lowest BCUT2D eigenvalue weighted by Gasteiger charge is -2.12. The minimum absolute atomic E-state index is 0.302. The van der Waals surface area contributed by atoms with Crippen LogP contribution in [0.3, 0.4) is 0 Å². The van der Waals surface area contributed by atoms with Gasteiger partial charge in [-0.2, -0.15) is 0 Å². The first-order chi connectivity index (χ1) is 10.7. The number of nitrogens with zero attached hydrogens (tertiary/aromatic N) is 2. The summed E-state index contributed by atoms with van der Waals surface area (Å²) in [5.74, 6) is 0. The number of rotatable bonds is 2. The molecule has 2 aromatic carbocycles. The molecule has 0 spiro atoms. The van der Waals surface area contributed by atoms with Crippen LogP contribution < -0.4 is 0 Å². The zero-order valence-corrected chi connectivity index (χ0v) is 15.8. The second kappa shape index (κ2) is 5.46. The van der Waals surface area contributed by atoms with Crippen LogP contribution in [0.1, 0.15) is 22.3 Å². The Morgan fingerprint density at radius 3 is 2.26 bits per heavy atom. The molecule has 1 heterocycles. The van der Waals surface area contributed by atoms with E-state index in [9.17, 15) is 8.42 Å². The van der Waals surface area contributed by atoms with Crippen LogP contribution in [0.25, 0.3) is 11.0 Å². The molecule has 0 amide bonds. The minimum Gasteiger partial charge on any atom is -0.236 e. The van der Waals surface area contributed by atoms with Crippen molar-refractivity contribution in [3.8, 4) is 0 Å². The standard InChI is InChI=1S/C17H17BrN2O2S/c1-10-6-15-16(7-11(10)2)20(9-19-15)23(21,22)17-8-12(3)14(18)5-13(17)4/h5-9H,1-4H3. The molecule has 0 fully saturated rings. The number of aromatic nitrogens is 2. The molecule has 0 unspecified atom stereocenters. The molecule has 3 aromatic rings. The maximum Gasteiger partial charge on any atom is 0.269 e. The Morgan fingerprint density at radius 2 is 1.57 bits per heavy atom. The summed E-state index contributed by atoms with van der Waals surface area (Å²) in [6.07, 6.45) is 1.38. The maximum absolute atomic E-state index is 13.1. The molecule has 4 nitrogen and oxygen atoms in total. The second-order valence-corrected chi connectivity index (χ2v) is 8.48. The Bertz CT molecular complexity index is 1040. The van der Waals surface area contributed by atoms with Gasteiger partial charge in [0.25, 0.3) is 10.0 Å². The van der Waals surface area contributed by atoms with Gasteiger partial charge in [0.2, 0.25) is 0 Å². The van der Waals surface area contributed by atoms with Crippen molar-refractivity contribution in [3.05, 3.63) is 57.3 Å². The van der Waals surface area contributed by atoms with Gasteiger partial charge in [0.1, 0.15) is 6.33 Å². The molecule has 23 heavy (non-hydrogen) atoms. The Kier molecular flexibility index (Phi) is 3.84. The summed E-state index contributed by atoms with van der Waals surface area (Å²) >= 11 is 3.44. The van der Waals surface area contributed by atoms with E-state index in [1.807, 2.05) is 39.0 Å². The summed E-state index contributed by atoms with van der Waals surface area (Å²) in [4.78, 5) is 4.56. The predicted octanol–water partition coefficient (Wildman–Crippen LogP) is 4.27. The van der Waals surface area contributed by atoms with Gasteiger partial charge in [0.05, 0.1) is 15.9 Å². The lowest BCUT2D eigenvalue weighted by molar-refractivity contribution is 0.588. The second-order valence-electron chi connectivity index (χ2n) is 5.84. The Labute approximate surface area is 144 Å². The van der Waals surface area contributed by atoms with E-state index in [0.717, 1.165) is 21.2 Å². The SMILES string of the molecule is Cc1cc2ncn(S(=O)(=O)c3cc(C)c(Br)cc3C)c2cc1C. The number of hydrogen-bond donors (Lipinski definition) is 0. The monoisotopic (exact) mass is 392 g/mol. The van der Waals surface area contributed by atoms with Crippen molar-refractivity contribution >= 4 is 37.0 Å². The highest BCUT2D eigenvalue weighted by atomic mass is 79.9. The van der Waals surface area contributed by atoms with Crippen molar-refractivity contribution in [2.75, 3.05) is 0 Å². The van der Waals surface area contributed by atoms with Crippen molar-refractivity contribution in [3.63, 3.8) is 0 Å². The van der Waals surface area contributed by atoms with Crippen molar-refractivity contribution in [1.29, 1.82) is 0 Å². The van der Waals surface area contributed by atoms with Crippen LogP contribution in [0.2, 0.25) is 0 Å². The van der Waals surface area contributed by atoms with E-state index in [4.69, 9.17) is 0 Å². The van der Waals surface area contributed by atoms with Crippen LogP contribution >= 0.6 is 15.9 Å². The molecule has 0 N–H and O–H groups in total. The summed E-state index contributed by atoms with van der Waals surface area (Å²) in [6, 6.07) is 7.31. The summed E-state index contributed by atoms with van der Waals surface area (Å²) in [7, 11) is -3.69. The molecule has 0 aliphatic carbocycles. The third kappa shape index (κ3) is 2.60. The Morgan fingerprint density at radius 1 is 0.913 bits per heavy atom. The number of fused-ring (bicyclic) bond motifs is 1. The predicted molar refractivity (Wildman–Crippen MR) is 95.4 cm³/mol. The van der Waals surface area contributed by atoms with Gasteiger partial charge in [-0.3, -0.25) is 0 Å². The molecule has 0 radical (unpaired) electrons. The van der Waals surface area contributed by atoms with Crippen LogP contribution in [0, 0.1) is 27.7 Å². The fraction of sp³-hybridized carbons (Fsp3) is 0.235. The van der Waals surface area contributed by atoms with Crippen LogP contribution in [0.5, 0.6) is 0 Å². The van der Waals surface area contributed by atoms with Crippen molar-refractivity contribution in [2.45, 2.75) is 32.6 Å². The van der Waals surface area contributed by atoms with E-state index in [1.165, 1.54) is 10.3 Å². The number of hydrogen-bond acceptors (Lipinski definition) is 3. The van der Waals surface area contributed by atoms with E-state index in [-0.39, 0.29) is 0 Å². The van der Waals surface area contributed by atoms with Gasteiger partial charge in [0.15, 0.2) is 0 Å². The molecule has 0 aliphatic heterocycles. The van der Waals surface area contributed by atoms with Gasteiger partial charge in [-0.15, -0.1) is 0 Å². The number of imidazole rings is 1. The third-order valence-electron chi connectivity index (χ3n) is 4.12. The van der Waals surface area contributed by atoms with E-state index in [1.54, 1.807) is 13.0 Å². The quantitative estimate of drug-likeness (QED) is 0.654. The molecule has 0 bridgehead atoms. The van der Waals surface area contributed by atoms with E-state index in [2.05, 4.69) is 20.9 Å². The van der Waals surface area contributed by atoms with Gasteiger partial charge in [0, 0.05) is 4.47 Å². The van der Waals surface area contributed by atoms with Gasteiger partial charge >= 0.3 is 0 Å². The topological polar surface area (TPSA) is 52.0 Å². The normalized spacial score (nSPS) is 12.0. The van der Waals surface area contributed by atoms with Crippen LogP contribution in [-0.2, 0) is 10.0 Å². The average molecular weight is 393 g/mol. The zero-order valence-electron chi connectivity index (χ0n) is 13.4. The molecule has 0 aliphatic rings. The van der Waals surface area contributed by atoms with Gasteiger partial charge < -0.3 is 0 Å². The van der Waals surface area contributed by atoms with Gasteiger partial charge in [-0.25, -0.2) is 17.4 Å². The molecular weight excluding hydrogens is 376 g/mol. The summed E-state index contributed by atoms with van der Waals surface area (Å²) in [5.41, 5.74) is 5.00. The van der Waals surface area contributed by atoms with Crippen molar-refractivity contribution in [2.24, 2.45) is 0 Å². The fourth-order valence-electron chi connectivity index (χ4n) is 2.57. The number of aryl methyl sites for hydroxylation is 4. The highest BCUT2D eigenvalue weighted by Gasteiger charge is 2.23. The number of halogens is 1. The molecule has 6 heteroatoms. The first-order valence-electron chi connectivity index (χ1n) is 7.18. The lowest BCUT2D eigenvalue weighted by atomic mass is 10.1. The lowest BCUT2D eigenvalue weighted by Crippen LogP contribution is -2.13. The molecule has 0 saturated carbocycles. The number of benzene rings is 2. The Balaban J connectivity index is 2.29. The molecule has 120 valence electrons. The van der Waals surface area contributed by atoms with Gasteiger partial charge in [-0.1, -0.05) is 15.9 Å². The van der Waals surface area contributed by atoms with E-state index < -0.39 is 10.0 Å². The molecule has 1 aromatic heterocycles. The smallest absolute Gasteiger partial charge is 0.236 e. The first-order valence-corrected chi connectivity index (χ1v) is 9.42. The minimum atomic E-state index is -3.69. The largest absolute Gasteiger partial charge is 0.269 e. The highest BCUT2D eigenvalue weighted by molar-refractivity contribution is 9.10. The molecule has 0 saturated heterocycles. The van der Waals surface area contributed by atoms with Gasteiger partial charge in [-0.05, 0) is 74.2 Å². The fourth-order valence-corrected chi connectivity index (χ4v) is 4.61.